The molecular formula is C21H19NO4S. The van der Waals surface area contributed by atoms with Gasteiger partial charge >= 0.3 is 0 Å². The van der Waals surface area contributed by atoms with Gasteiger partial charge in [0, 0.05) is 5.25 Å². The van der Waals surface area contributed by atoms with Gasteiger partial charge < -0.3 is 9.47 Å². The molecule has 0 saturated carbocycles. The number of methoxy groups -OCH3 is 2. The van der Waals surface area contributed by atoms with Crippen LogP contribution in [0.3, 0.4) is 0 Å². The van der Waals surface area contributed by atoms with Crippen LogP contribution < -0.4 is 14.4 Å². The SMILES string of the molecule is COc1cc2c(cc1OC)C1(C)SC2C2C(=O)N(c3ccccc3)C(=O)C21. The maximum absolute atomic E-state index is 13.3. The second-order valence-electron chi connectivity index (χ2n) is 7.29. The van der Waals surface area contributed by atoms with Crippen molar-refractivity contribution in [3.05, 3.63) is 53.6 Å². The Bertz CT molecular complexity index is 976. The monoisotopic (exact) mass is 381 g/mol. The quantitative estimate of drug-likeness (QED) is 0.762. The van der Waals surface area contributed by atoms with E-state index in [9.17, 15) is 9.59 Å². The van der Waals surface area contributed by atoms with Crippen LogP contribution in [0.15, 0.2) is 42.5 Å². The summed E-state index contributed by atoms with van der Waals surface area (Å²) in [6, 6.07) is 13.1. The van der Waals surface area contributed by atoms with Gasteiger partial charge in [0.1, 0.15) is 0 Å². The molecule has 3 aliphatic rings. The first-order chi connectivity index (χ1) is 13.0. The summed E-state index contributed by atoms with van der Waals surface area (Å²) >= 11 is 1.72. The van der Waals surface area contributed by atoms with Crippen LogP contribution in [0.2, 0.25) is 0 Å². The first-order valence-electron chi connectivity index (χ1n) is 8.88. The lowest BCUT2D eigenvalue weighted by Gasteiger charge is -2.31. The summed E-state index contributed by atoms with van der Waals surface area (Å²) in [5.74, 6) is 0.413. The van der Waals surface area contributed by atoms with E-state index >= 15 is 0 Å². The molecule has 5 nitrogen and oxygen atoms in total. The van der Waals surface area contributed by atoms with E-state index in [1.165, 1.54) is 4.90 Å². The highest BCUT2D eigenvalue weighted by atomic mass is 32.2. The first kappa shape index (κ1) is 16.7. The van der Waals surface area contributed by atoms with Crippen LogP contribution in [0.1, 0.15) is 23.3 Å². The molecule has 3 aliphatic heterocycles. The molecule has 27 heavy (non-hydrogen) atoms. The van der Waals surface area contributed by atoms with Gasteiger partial charge in [-0.05, 0) is 42.3 Å². The van der Waals surface area contributed by atoms with E-state index in [2.05, 4.69) is 6.92 Å². The number of carbonyl (C=O) groups is 2. The Morgan fingerprint density at radius 3 is 2.33 bits per heavy atom. The van der Waals surface area contributed by atoms with Gasteiger partial charge in [-0.2, -0.15) is 0 Å². The van der Waals surface area contributed by atoms with Crippen LogP contribution in [0.25, 0.3) is 0 Å². The molecule has 2 fully saturated rings. The van der Waals surface area contributed by atoms with Crippen molar-refractivity contribution in [2.75, 3.05) is 19.1 Å². The summed E-state index contributed by atoms with van der Waals surface area (Å²) in [7, 11) is 3.22. The number of fused-ring (bicyclic) bond motifs is 8. The number of carbonyl (C=O) groups excluding carboxylic acids is 2. The lowest BCUT2D eigenvalue weighted by Crippen LogP contribution is -2.36. The van der Waals surface area contributed by atoms with Gasteiger partial charge in [-0.1, -0.05) is 18.2 Å². The standard InChI is InChI=1S/C21H19NO4S/c1-21-13-10-15(26-3)14(25-2)9-12(13)18(27-21)16-17(21)20(24)22(19(16)23)11-7-5-4-6-8-11/h4-10,16-18H,1-3H3. The van der Waals surface area contributed by atoms with E-state index in [1.807, 2.05) is 42.5 Å². The molecule has 4 unspecified atom stereocenters. The van der Waals surface area contributed by atoms with Crippen molar-refractivity contribution in [3.8, 4) is 11.5 Å². The van der Waals surface area contributed by atoms with Gasteiger partial charge in [0.05, 0.1) is 36.5 Å². The highest BCUT2D eigenvalue weighted by molar-refractivity contribution is 8.01. The van der Waals surface area contributed by atoms with Gasteiger partial charge in [0.2, 0.25) is 11.8 Å². The fourth-order valence-corrected chi connectivity index (χ4v) is 6.83. The molecule has 0 aliphatic carbocycles. The second-order valence-corrected chi connectivity index (χ2v) is 8.88. The number of imide groups is 1. The van der Waals surface area contributed by atoms with Crippen LogP contribution in [-0.2, 0) is 14.3 Å². The Labute approximate surface area is 161 Å². The molecule has 4 atom stereocenters. The fourth-order valence-electron chi connectivity index (χ4n) is 4.87. The molecule has 2 bridgehead atoms. The van der Waals surface area contributed by atoms with Gasteiger partial charge in [0.15, 0.2) is 11.5 Å². The van der Waals surface area contributed by atoms with Crippen LogP contribution >= 0.6 is 11.8 Å². The van der Waals surface area contributed by atoms with E-state index in [-0.39, 0.29) is 28.9 Å². The Balaban J connectivity index is 1.64. The predicted molar refractivity (Wildman–Crippen MR) is 103 cm³/mol. The Morgan fingerprint density at radius 1 is 1.00 bits per heavy atom. The molecule has 6 heteroatoms. The zero-order chi connectivity index (χ0) is 18.9. The summed E-state index contributed by atoms with van der Waals surface area (Å²) in [5, 5.41) is -0.0417. The third kappa shape index (κ3) is 1.96. The van der Waals surface area contributed by atoms with Gasteiger partial charge in [-0.25, -0.2) is 4.90 Å². The molecule has 3 heterocycles. The maximum Gasteiger partial charge on any atom is 0.239 e. The molecule has 2 aromatic rings. The number of nitrogens with zero attached hydrogens (tertiary/aromatic N) is 1. The first-order valence-corrected chi connectivity index (χ1v) is 9.76. The molecule has 0 aromatic heterocycles. The maximum atomic E-state index is 13.3. The number of anilines is 1. The number of amides is 2. The van der Waals surface area contributed by atoms with Crippen molar-refractivity contribution in [1.29, 1.82) is 0 Å². The Morgan fingerprint density at radius 2 is 1.67 bits per heavy atom. The lowest BCUT2D eigenvalue weighted by molar-refractivity contribution is -0.122. The number of hydrogen-bond donors (Lipinski definition) is 0. The summed E-state index contributed by atoms with van der Waals surface area (Å²) in [6.07, 6.45) is 0. The van der Waals surface area contributed by atoms with Crippen molar-refractivity contribution < 1.29 is 19.1 Å². The molecule has 0 spiro atoms. The zero-order valence-electron chi connectivity index (χ0n) is 15.3. The number of hydrogen-bond acceptors (Lipinski definition) is 5. The minimum Gasteiger partial charge on any atom is -0.493 e. The van der Waals surface area contributed by atoms with Crippen LogP contribution in [-0.4, -0.2) is 26.0 Å². The molecule has 138 valence electrons. The summed E-state index contributed by atoms with van der Waals surface area (Å²) in [5.41, 5.74) is 2.80. The Hall–Kier alpha value is -2.47. The van der Waals surface area contributed by atoms with Crippen molar-refractivity contribution in [3.63, 3.8) is 0 Å². The van der Waals surface area contributed by atoms with E-state index in [0.29, 0.717) is 17.2 Å². The Kier molecular flexibility index (Phi) is 3.41. The van der Waals surface area contributed by atoms with Crippen molar-refractivity contribution in [1.82, 2.24) is 0 Å². The van der Waals surface area contributed by atoms with E-state index in [1.54, 1.807) is 26.0 Å². The molecule has 2 aromatic carbocycles. The number of para-hydroxylation sites is 1. The van der Waals surface area contributed by atoms with Gasteiger partial charge in [-0.3, -0.25) is 9.59 Å². The highest BCUT2D eigenvalue weighted by Crippen LogP contribution is 2.72. The third-order valence-corrected chi connectivity index (χ3v) is 7.82. The highest BCUT2D eigenvalue weighted by Gasteiger charge is 2.69. The number of benzene rings is 2. The normalized spacial score (nSPS) is 30.5. The van der Waals surface area contributed by atoms with Crippen molar-refractivity contribution in [2.24, 2.45) is 11.8 Å². The number of rotatable bonds is 3. The minimum atomic E-state index is -0.444. The molecule has 0 N–H and O–H groups in total. The lowest BCUT2D eigenvalue weighted by atomic mass is 9.70. The average Bonchev–Trinajstić information content (AvgIpc) is 3.26. The summed E-state index contributed by atoms with van der Waals surface area (Å²) in [6.45, 7) is 2.08. The molecule has 0 radical (unpaired) electrons. The minimum absolute atomic E-state index is 0.0417. The van der Waals surface area contributed by atoms with Crippen LogP contribution in [0.4, 0.5) is 5.69 Å². The van der Waals surface area contributed by atoms with Crippen LogP contribution in [0, 0.1) is 11.8 Å². The van der Waals surface area contributed by atoms with E-state index < -0.39 is 4.75 Å². The van der Waals surface area contributed by atoms with E-state index in [4.69, 9.17) is 9.47 Å². The van der Waals surface area contributed by atoms with Gasteiger partial charge in [0.25, 0.3) is 0 Å². The average molecular weight is 381 g/mol. The van der Waals surface area contributed by atoms with Crippen LogP contribution in [0.5, 0.6) is 11.5 Å². The van der Waals surface area contributed by atoms with Crippen molar-refractivity contribution in [2.45, 2.75) is 16.9 Å². The smallest absolute Gasteiger partial charge is 0.239 e. The molecular weight excluding hydrogens is 362 g/mol. The number of thioether (sulfide) groups is 1. The topological polar surface area (TPSA) is 55.8 Å². The molecule has 2 saturated heterocycles. The van der Waals surface area contributed by atoms with E-state index in [0.717, 1.165) is 11.1 Å². The summed E-state index contributed by atoms with van der Waals surface area (Å²) < 4.78 is 10.5. The van der Waals surface area contributed by atoms with Crippen molar-refractivity contribution >= 4 is 29.3 Å². The fraction of sp³-hybridized carbons (Fsp3) is 0.333. The third-order valence-electron chi connectivity index (χ3n) is 6.05. The largest absolute Gasteiger partial charge is 0.493 e. The zero-order valence-corrected chi connectivity index (χ0v) is 16.1. The van der Waals surface area contributed by atoms with Gasteiger partial charge in [-0.15, -0.1) is 11.8 Å². The second kappa shape index (κ2) is 5.52. The summed E-state index contributed by atoms with van der Waals surface area (Å²) in [4.78, 5) is 27.9. The molecule has 5 rings (SSSR count). The predicted octanol–water partition coefficient (Wildman–Crippen LogP) is 3.53. The number of ether oxygens (including phenoxy) is 2. The molecule has 2 amide bonds.